The van der Waals surface area contributed by atoms with Gasteiger partial charge in [0.2, 0.25) is 11.8 Å². The van der Waals surface area contributed by atoms with E-state index in [1.165, 1.54) is 12.8 Å². The summed E-state index contributed by atoms with van der Waals surface area (Å²) in [6, 6.07) is 4.07. The largest absolute Gasteiger partial charge is 0.349 e. The summed E-state index contributed by atoms with van der Waals surface area (Å²) in [5.74, 6) is 0.672. The normalized spacial score (nSPS) is 28.7. The van der Waals surface area contributed by atoms with Crippen molar-refractivity contribution in [2.75, 3.05) is 6.54 Å². The molecule has 0 bridgehead atoms. The first-order valence-electron chi connectivity index (χ1n) is 9.04. The van der Waals surface area contributed by atoms with Crippen molar-refractivity contribution in [1.29, 1.82) is 0 Å². The molecule has 3 rings (SSSR count). The lowest BCUT2D eigenvalue weighted by Crippen LogP contribution is -2.40. The van der Waals surface area contributed by atoms with E-state index in [1.54, 1.807) is 12.4 Å². The van der Waals surface area contributed by atoms with Crippen LogP contribution in [0.1, 0.15) is 57.6 Å². The molecule has 2 amide bonds. The molecule has 5 heteroatoms. The van der Waals surface area contributed by atoms with Crippen LogP contribution in [-0.2, 0) is 9.59 Å². The van der Waals surface area contributed by atoms with E-state index in [-0.39, 0.29) is 23.8 Å². The molecule has 24 heavy (non-hydrogen) atoms. The summed E-state index contributed by atoms with van der Waals surface area (Å²) in [7, 11) is 0. The molecule has 0 aromatic carbocycles. The average molecular weight is 329 g/mol. The van der Waals surface area contributed by atoms with Crippen molar-refractivity contribution in [1.82, 2.24) is 15.2 Å². The van der Waals surface area contributed by atoms with Gasteiger partial charge in [0.15, 0.2) is 0 Å². The number of nitrogens with one attached hydrogen (secondary N) is 1. The topological polar surface area (TPSA) is 62.3 Å². The minimum absolute atomic E-state index is 0.0145. The molecule has 0 radical (unpaired) electrons. The molecule has 130 valence electrons. The predicted molar refractivity (Wildman–Crippen MR) is 92.0 cm³/mol. The van der Waals surface area contributed by atoms with Gasteiger partial charge >= 0.3 is 0 Å². The molecular weight excluding hydrogens is 302 g/mol. The van der Waals surface area contributed by atoms with Crippen LogP contribution in [0.25, 0.3) is 0 Å². The molecule has 1 saturated heterocycles. The number of aromatic nitrogens is 1. The smallest absolute Gasteiger partial charge is 0.225 e. The number of nitrogens with zero attached hydrogens (tertiary/aromatic N) is 2. The molecule has 1 aromatic rings. The minimum atomic E-state index is -0.221. The Bertz CT molecular complexity index is 582. The Balaban J connectivity index is 1.56. The summed E-state index contributed by atoms with van der Waals surface area (Å²) in [5, 5.41) is 3.04. The number of carbonyl (C=O) groups excluding carboxylic acids is 2. The van der Waals surface area contributed by atoms with Gasteiger partial charge in [0.05, 0.1) is 12.0 Å². The fraction of sp³-hybridized carbons (Fsp3) is 0.632. The predicted octanol–water partition coefficient (Wildman–Crippen LogP) is 2.69. The van der Waals surface area contributed by atoms with Gasteiger partial charge in [-0.15, -0.1) is 0 Å². The van der Waals surface area contributed by atoms with Crippen LogP contribution in [0.4, 0.5) is 0 Å². The van der Waals surface area contributed by atoms with Gasteiger partial charge in [-0.3, -0.25) is 14.6 Å². The molecule has 2 atom stereocenters. The Morgan fingerprint density at radius 1 is 1.25 bits per heavy atom. The maximum absolute atomic E-state index is 12.5. The highest BCUT2D eigenvalue weighted by Crippen LogP contribution is 2.31. The highest BCUT2D eigenvalue weighted by atomic mass is 16.2. The monoisotopic (exact) mass is 329 g/mol. The van der Waals surface area contributed by atoms with Crippen LogP contribution in [0.15, 0.2) is 24.5 Å². The summed E-state index contributed by atoms with van der Waals surface area (Å²) in [4.78, 5) is 30.9. The molecule has 1 aliphatic heterocycles. The first kappa shape index (κ1) is 16.9. The number of pyridine rings is 1. The van der Waals surface area contributed by atoms with E-state index in [0.717, 1.165) is 24.3 Å². The highest BCUT2D eigenvalue weighted by molar-refractivity contribution is 5.89. The number of rotatable bonds is 4. The lowest BCUT2D eigenvalue weighted by molar-refractivity contribution is -0.131. The first-order chi connectivity index (χ1) is 11.5. The van der Waals surface area contributed by atoms with Gasteiger partial charge in [-0.1, -0.05) is 6.92 Å². The van der Waals surface area contributed by atoms with Gasteiger partial charge in [0.1, 0.15) is 0 Å². The number of likely N-dealkylation sites (tertiary alicyclic amines) is 1. The van der Waals surface area contributed by atoms with Crippen LogP contribution in [-0.4, -0.2) is 34.3 Å². The Labute approximate surface area is 143 Å². The van der Waals surface area contributed by atoms with Crippen molar-refractivity contribution in [3.05, 3.63) is 30.1 Å². The lowest BCUT2D eigenvalue weighted by atomic mass is 9.87. The zero-order valence-electron chi connectivity index (χ0n) is 14.6. The molecule has 1 aliphatic carbocycles. The van der Waals surface area contributed by atoms with Gasteiger partial charge in [0.25, 0.3) is 0 Å². The Morgan fingerprint density at radius 3 is 2.58 bits per heavy atom. The molecule has 0 unspecified atom stereocenters. The van der Waals surface area contributed by atoms with Crippen LogP contribution in [0.3, 0.4) is 0 Å². The van der Waals surface area contributed by atoms with Crippen LogP contribution in [0.2, 0.25) is 0 Å². The molecule has 1 aromatic heterocycles. The maximum Gasteiger partial charge on any atom is 0.225 e. The van der Waals surface area contributed by atoms with Crippen molar-refractivity contribution in [3.63, 3.8) is 0 Å². The zero-order valence-corrected chi connectivity index (χ0v) is 14.6. The van der Waals surface area contributed by atoms with Crippen molar-refractivity contribution in [2.45, 2.75) is 58.0 Å². The Morgan fingerprint density at radius 2 is 1.92 bits per heavy atom. The van der Waals surface area contributed by atoms with E-state index < -0.39 is 0 Å². The third-order valence-corrected chi connectivity index (χ3v) is 5.52. The maximum atomic E-state index is 12.5. The Hall–Kier alpha value is -1.91. The van der Waals surface area contributed by atoms with Crippen molar-refractivity contribution < 1.29 is 9.59 Å². The number of hydrogen-bond donors (Lipinski definition) is 1. The number of carbonyl (C=O) groups is 2. The van der Waals surface area contributed by atoms with Gasteiger partial charge in [0, 0.05) is 31.4 Å². The quantitative estimate of drug-likeness (QED) is 0.924. The summed E-state index contributed by atoms with van der Waals surface area (Å²) >= 11 is 0. The van der Waals surface area contributed by atoms with Crippen LogP contribution < -0.4 is 5.32 Å². The van der Waals surface area contributed by atoms with Crippen molar-refractivity contribution in [3.8, 4) is 0 Å². The molecule has 2 fully saturated rings. The second kappa shape index (κ2) is 7.32. The molecular formula is C19H27N3O2. The van der Waals surface area contributed by atoms with Crippen LogP contribution in [0, 0.1) is 11.8 Å². The van der Waals surface area contributed by atoms with E-state index in [2.05, 4.69) is 17.2 Å². The number of hydrogen-bond acceptors (Lipinski definition) is 3. The van der Waals surface area contributed by atoms with Gasteiger partial charge in [-0.25, -0.2) is 0 Å². The SMILES string of the molecule is CC1CCC(N2C[C@H](C(=O)N[C@H](C)c3ccncc3)CC2=O)CC1. The van der Waals surface area contributed by atoms with Crippen LogP contribution in [0.5, 0.6) is 0 Å². The lowest BCUT2D eigenvalue weighted by Gasteiger charge is -2.33. The van der Waals surface area contributed by atoms with Gasteiger partial charge in [-0.2, -0.15) is 0 Å². The van der Waals surface area contributed by atoms with Crippen molar-refractivity contribution >= 4 is 11.8 Å². The van der Waals surface area contributed by atoms with Crippen molar-refractivity contribution in [2.24, 2.45) is 11.8 Å². The average Bonchev–Trinajstić information content (AvgIpc) is 2.98. The van der Waals surface area contributed by atoms with E-state index >= 15 is 0 Å². The highest BCUT2D eigenvalue weighted by Gasteiger charge is 2.38. The minimum Gasteiger partial charge on any atom is -0.349 e. The summed E-state index contributed by atoms with van der Waals surface area (Å²) in [5.41, 5.74) is 1.03. The summed E-state index contributed by atoms with van der Waals surface area (Å²) < 4.78 is 0. The zero-order chi connectivity index (χ0) is 17.1. The first-order valence-corrected chi connectivity index (χ1v) is 9.04. The van der Waals surface area contributed by atoms with E-state index in [4.69, 9.17) is 0 Å². The Kier molecular flexibility index (Phi) is 5.17. The van der Waals surface area contributed by atoms with Gasteiger partial charge in [-0.05, 0) is 56.2 Å². The third kappa shape index (κ3) is 3.77. The second-order valence-electron chi connectivity index (χ2n) is 7.37. The van der Waals surface area contributed by atoms with E-state index in [1.807, 2.05) is 24.0 Å². The fourth-order valence-corrected chi connectivity index (χ4v) is 3.88. The molecule has 0 spiro atoms. The molecule has 2 aliphatic rings. The van der Waals surface area contributed by atoms with Gasteiger partial charge < -0.3 is 10.2 Å². The summed E-state index contributed by atoms with van der Waals surface area (Å²) in [6.45, 7) is 4.82. The fourth-order valence-electron chi connectivity index (χ4n) is 3.88. The number of amides is 2. The van der Waals surface area contributed by atoms with E-state index in [9.17, 15) is 9.59 Å². The third-order valence-electron chi connectivity index (χ3n) is 5.52. The van der Waals surface area contributed by atoms with Crippen LogP contribution >= 0.6 is 0 Å². The molecule has 1 saturated carbocycles. The standard InChI is InChI=1S/C19H27N3O2/c1-13-3-5-17(6-4-13)22-12-16(11-18(22)23)19(24)21-14(2)15-7-9-20-10-8-15/h7-10,13-14,16-17H,3-6,11-12H2,1-2H3,(H,21,24)/t13?,14-,16-,17?/m1/s1. The molecule has 5 nitrogen and oxygen atoms in total. The molecule has 2 heterocycles. The van der Waals surface area contributed by atoms with E-state index in [0.29, 0.717) is 19.0 Å². The summed E-state index contributed by atoms with van der Waals surface area (Å²) in [6.07, 6.45) is 8.32. The molecule has 1 N–H and O–H groups in total. The second-order valence-corrected chi connectivity index (χ2v) is 7.37.